The van der Waals surface area contributed by atoms with E-state index < -0.39 is 0 Å². The smallest absolute Gasteiger partial charge is 0.0842 e. The lowest BCUT2D eigenvalue weighted by Crippen LogP contribution is -2.41. The number of fused-ring (bicyclic) bond motifs is 1. The van der Waals surface area contributed by atoms with Crippen LogP contribution in [-0.2, 0) is 11.3 Å². The van der Waals surface area contributed by atoms with Crippen molar-refractivity contribution in [3.63, 3.8) is 0 Å². The van der Waals surface area contributed by atoms with Gasteiger partial charge in [0.2, 0.25) is 0 Å². The molecule has 1 aromatic rings. The summed E-state index contributed by atoms with van der Waals surface area (Å²) in [5, 5.41) is 0. The third kappa shape index (κ3) is 2.53. The van der Waals surface area contributed by atoms with Crippen LogP contribution in [0, 0.1) is 6.92 Å². The van der Waals surface area contributed by atoms with E-state index >= 15 is 0 Å². The molecule has 2 fully saturated rings. The number of aryl methyl sites for hydroxylation is 1. The third-order valence-corrected chi connectivity index (χ3v) is 5.33. The van der Waals surface area contributed by atoms with Gasteiger partial charge in [0, 0.05) is 18.8 Å². The predicted octanol–water partition coefficient (Wildman–Crippen LogP) is 2.90. The SMILES string of the molecule is [2H]C1=NCc2cc(C3CCN(C4CCOC4)CC3)c(C)cc21. The van der Waals surface area contributed by atoms with Crippen molar-refractivity contribution >= 4 is 6.19 Å². The largest absolute Gasteiger partial charge is 0.380 e. The molecule has 4 rings (SSSR count). The van der Waals surface area contributed by atoms with Crippen LogP contribution in [0.3, 0.4) is 0 Å². The Morgan fingerprint density at radius 1 is 1.29 bits per heavy atom. The molecule has 0 radical (unpaired) electrons. The van der Waals surface area contributed by atoms with Crippen LogP contribution in [0.1, 0.15) is 48.8 Å². The second-order valence-electron chi connectivity index (χ2n) is 6.62. The minimum Gasteiger partial charge on any atom is -0.380 e. The third-order valence-electron chi connectivity index (χ3n) is 5.33. The maximum absolute atomic E-state index is 7.88. The van der Waals surface area contributed by atoms with Gasteiger partial charge in [0.1, 0.15) is 0 Å². The molecule has 1 unspecified atom stereocenters. The van der Waals surface area contributed by atoms with Crippen LogP contribution in [0.5, 0.6) is 0 Å². The topological polar surface area (TPSA) is 24.8 Å². The number of hydrogen-bond donors (Lipinski definition) is 0. The van der Waals surface area contributed by atoms with Crippen molar-refractivity contribution in [3.8, 4) is 0 Å². The standard InChI is InChI=1S/C18H24N2O/c1-13-8-15-10-19-11-16(15)9-18(13)14-2-5-20(6-3-14)17-4-7-21-12-17/h8-10,14,17H,2-7,11-12H2,1H3/i10D. The zero-order valence-corrected chi connectivity index (χ0v) is 12.8. The number of hydrogen-bond acceptors (Lipinski definition) is 3. The van der Waals surface area contributed by atoms with E-state index in [2.05, 4.69) is 28.9 Å². The highest BCUT2D eigenvalue weighted by Crippen LogP contribution is 2.34. The van der Waals surface area contributed by atoms with Crippen molar-refractivity contribution in [2.45, 2.75) is 44.7 Å². The molecular weight excluding hydrogens is 260 g/mol. The molecular formula is C18H24N2O. The molecule has 3 nitrogen and oxygen atoms in total. The second-order valence-corrected chi connectivity index (χ2v) is 6.62. The zero-order valence-electron chi connectivity index (χ0n) is 13.8. The summed E-state index contributed by atoms with van der Waals surface area (Å²) < 4.78 is 13.4. The van der Waals surface area contributed by atoms with E-state index in [1.807, 2.05) is 0 Å². The van der Waals surface area contributed by atoms with E-state index in [0.29, 0.717) is 24.7 Å². The lowest BCUT2D eigenvalue weighted by atomic mass is 9.84. The molecule has 112 valence electrons. The van der Waals surface area contributed by atoms with Gasteiger partial charge in [-0.3, -0.25) is 9.89 Å². The van der Waals surface area contributed by atoms with Crippen LogP contribution in [0.25, 0.3) is 0 Å². The summed E-state index contributed by atoms with van der Waals surface area (Å²) in [6.45, 7) is 7.12. The molecule has 3 heterocycles. The van der Waals surface area contributed by atoms with Crippen LogP contribution in [-0.4, -0.2) is 43.4 Å². The zero-order chi connectivity index (χ0) is 15.1. The number of benzene rings is 1. The molecule has 1 aromatic carbocycles. The Labute approximate surface area is 128 Å². The van der Waals surface area contributed by atoms with Gasteiger partial charge < -0.3 is 4.74 Å². The summed E-state index contributed by atoms with van der Waals surface area (Å²) in [6, 6.07) is 5.16. The lowest BCUT2D eigenvalue weighted by molar-refractivity contribution is 0.122. The van der Waals surface area contributed by atoms with Gasteiger partial charge in [-0.1, -0.05) is 6.07 Å². The average Bonchev–Trinajstić information content (AvgIpc) is 3.18. The van der Waals surface area contributed by atoms with Gasteiger partial charge in [-0.15, -0.1) is 0 Å². The quantitative estimate of drug-likeness (QED) is 0.834. The fourth-order valence-corrected chi connectivity index (χ4v) is 4.04. The Morgan fingerprint density at radius 2 is 2.14 bits per heavy atom. The van der Waals surface area contributed by atoms with E-state index in [1.54, 1.807) is 0 Å². The van der Waals surface area contributed by atoms with E-state index in [4.69, 9.17) is 6.11 Å². The summed E-state index contributed by atoms with van der Waals surface area (Å²) in [6.07, 6.45) is 4.14. The summed E-state index contributed by atoms with van der Waals surface area (Å²) in [4.78, 5) is 6.88. The number of rotatable bonds is 2. The first-order valence-electron chi connectivity index (χ1n) is 8.69. The number of likely N-dealkylation sites (tertiary alicyclic amines) is 1. The first-order chi connectivity index (χ1) is 10.7. The fourth-order valence-electron chi connectivity index (χ4n) is 4.04. The Balaban J connectivity index is 1.48. The van der Waals surface area contributed by atoms with Crippen LogP contribution in [0.15, 0.2) is 17.1 Å². The molecule has 3 aliphatic rings. The predicted molar refractivity (Wildman–Crippen MR) is 85.2 cm³/mol. The Kier molecular flexibility index (Phi) is 3.26. The minimum absolute atomic E-state index is 0.459. The summed E-state index contributed by atoms with van der Waals surface area (Å²) >= 11 is 0. The average molecular weight is 285 g/mol. The molecule has 0 aromatic heterocycles. The van der Waals surface area contributed by atoms with E-state index in [9.17, 15) is 0 Å². The molecule has 1 atom stereocenters. The fraction of sp³-hybridized carbons (Fsp3) is 0.611. The highest BCUT2D eigenvalue weighted by molar-refractivity contribution is 5.85. The van der Waals surface area contributed by atoms with Gasteiger partial charge in [-0.2, -0.15) is 0 Å². The molecule has 0 bridgehead atoms. The van der Waals surface area contributed by atoms with Crippen molar-refractivity contribution in [1.82, 2.24) is 4.90 Å². The monoisotopic (exact) mass is 285 g/mol. The van der Waals surface area contributed by atoms with Crippen molar-refractivity contribution in [3.05, 3.63) is 34.4 Å². The molecule has 0 spiro atoms. The van der Waals surface area contributed by atoms with Crippen molar-refractivity contribution in [2.75, 3.05) is 26.3 Å². The van der Waals surface area contributed by atoms with Gasteiger partial charge in [0.25, 0.3) is 0 Å². The van der Waals surface area contributed by atoms with Crippen LogP contribution >= 0.6 is 0 Å². The molecule has 0 aliphatic carbocycles. The van der Waals surface area contributed by atoms with Crippen LogP contribution < -0.4 is 0 Å². The number of nitrogens with zero attached hydrogens (tertiary/aromatic N) is 2. The summed E-state index contributed by atoms with van der Waals surface area (Å²) in [5.74, 6) is 0.665. The van der Waals surface area contributed by atoms with Gasteiger partial charge >= 0.3 is 0 Å². The van der Waals surface area contributed by atoms with Crippen LogP contribution in [0.4, 0.5) is 0 Å². The maximum Gasteiger partial charge on any atom is 0.0842 e. The maximum atomic E-state index is 7.88. The molecule has 2 saturated heterocycles. The highest BCUT2D eigenvalue weighted by atomic mass is 16.5. The molecule has 3 heteroatoms. The Bertz CT molecular complexity index is 599. The van der Waals surface area contributed by atoms with Crippen molar-refractivity contribution in [1.29, 1.82) is 0 Å². The highest BCUT2D eigenvalue weighted by Gasteiger charge is 2.29. The number of piperidine rings is 1. The van der Waals surface area contributed by atoms with Gasteiger partial charge in [0.05, 0.1) is 14.5 Å². The van der Waals surface area contributed by atoms with Gasteiger partial charge in [-0.25, -0.2) is 0 Å². The normalized spacial score (nSPS) is 27.6. The summed E-state index contributed by atoms with van der Waals surface area (Å²) in [7, 11) is 0. The van der Waals surface area contributed by atoms with Gasteiger partial charge in [-0.05, 0) is 73.5 Å². The molecule has 21 heavy (non-hydrogen) atoms. The summed E-state index contributed by atoms with van der Waals surface area (Å²) in [5.41, 5.74) is 5.12. The number of ether oxygens (including phenoxy) is 1. The number of aliphatic imine (C=N–C) groups is 1. The second kappa shape index (κ2) is 5.54. The Hall–Kier alpha value is -1.19. The van der Waals surface area contributed by atoms with E-state index in [-0.39, 0.29) is 0 Å². The molecule has 0 N–H and O–H groups in total. The van der Waals surface area contributed by atoms with Crippen molar-refractivity contribution in [2.24, 2.45) is 4.99 Å². The van der Waals surface area contributed by atoms with E-state index in [0.717, 1.165) is 18.8 Å². The first kappa shape index (κ1) is 12.4. The van der Waals surface area contributed by atoms with E-state index in [1.165, 1.54) is 49.0 Å². The first-order valence-corrected chi connectivity index (χ1v) is 8.19. The lowest BCUT2D eigenvalue weighted by Gasteiger charge is -2.36. The Morgan fingerprint density at radius 3 is 2.90 bits per heavy atom. The van der Waals surface area contributed by atoms with Crippen LogP contribution in [0.2, 0.25) is 0 Å². The molecule has 3 aliphatic heterocycles. The molecule has 0 saturated carbocycles. The van der Waals surface area contributed by atoms with Gasteiger partial charge in [0.15, 0.2) is 0 Å². The van der Waals surface area contributed by atoms with Crippen molar-refractivity contribution < 1.29 is 6.11 Å². The molecule has 0 amide bonds. The minimum atomic E-state index is 0.459.